The molecule has 0 saturated heterocycles. The molecule has 2 rings (SSSR count). The summed E-state index contributed by atoms with van der Waals surface area (Å²) in [7, 11) is 0. The van der Waals surface area contributed by atoms with Crippen LogP contribution in [0.5, 0.6) is 0 Å². The Hall–Kier alpha value is -1.73. The van der Waals surface area contributed by atoms with Gasteiger partial charge in [0.1, 0.15) is 0 Å². The van der Waals surface area contributed by atoms with E-state index in [1.165, 1.54) is 19.4 Å². The zero-order valence-corrected chi connectivity index (χ0v) is 15.8. The van der Waals surface area contributed by atoms with Gasteiger partial charge in [0.2, 0.25) is 0 Å². The van der Waals surface area contributed by atoms with E-state index >= 15 is 0 Å². The van der Waals surface area contributed by atoms with Crippen LogP contribution in [-0.2, 0) is 24.1 Å². The van der Waals surface area contributed by atoms with Gasteiger partial charge in [0.15, 0.2) is 0 Å². The van der Waals surface area contributed by atoms with Crippen LogP contribution in [0, 0.1) is 6.07 Å². The fraction of sp³-hybridized carbons (Fsp3) is 0.222. The van der Waals surface area contributed by atoms with E-state index in [2.05, 4.69) is 6.07 Å². The van der Waals surface area contributed by atoms with E-state index in [-0.39, 0.29) is 6.09 Å². The second kappa shape index (κ2) is 7.02. The molecule has 0 atom stereocenters. The van der Waals surface area contributed by atoms with Gasteiger partial charge in [-0.3, -0.25) is 0 Å². The Morgan fingerprint density at radius 2 is 1.73 bits per heavy atom. The number of ether oxygens (including phenoxy) is 1. The first kappa shape index (κ1) is 16.6. The molecule has 0 fully saturated rings. The van der Waals surface area contributed by atoms with Crippen molar-refractivity contribution < 1.29 is 28.9 Å². The van der Waals surface area contributed by atoms with E-state index in [1.807, 2.05) is 69.3 Å². The number of benzene rings is 2. The number of carbonyl (C=O) groups excluding carboxylic acids is 1. The number of hydrogen-bond acceptors (Lipinski definition) is 2. The number of hydrogen-bond donors (Lipinski definition) is 0. The molecule has 0 bridgehead atoms. The van der Waals surface area contributed by atoms with E-state index in [1.54, 1.807) is 11.0 Å². The topological polar surface area (TPSA) is 29.5 Å². The number of anilines is 1. The number of carbonyl (C=O) groups is 1. The molecule has 1 amide bonds. The van der Waals surface area contributed by atoms with Gasteiger partial charge in [-0.25, -0.2) is 0 Å². The molecule has 0 aliphatic rings. The van der Waals surface area contributed by atoms with Gasteiger partial charge in [0.05, 0.1) is 0 Å². The zero-order chi connectivity index (χ0) is 16.2. The first-order valence-corrected chi connectivity index (χ1v) is 8.44. The van der Waals surface area contributed by atoms with Gasteiger partial charge < -0.3 is 0 Å². The molecule has 0 spiro atoms. The molecule has 22 heavy (non-hydrogen) atoms. The van der Waals surface area contributed by atoms with Crippen molar-refractivity contribution in [3.8, 4) is 0 Å². The Balaban J connectivity index is 2.38. The molecular formula is C18H18NO2W-. The SMILES string of the molecule is CC(C)(C)OC(=O)N([C](=[W])c1ccccc1)c1[c-]cccc1. The van der Waals surface area contributed by atoms with Crippen LogP contribution >= 0.6 is 0 Å². The first-order valence-electron chi connectivity index (χ1n) is 6.98. The van der Waals surface area contributed by atoms with Gasteiger partial charge in [-0.1, -0.05) is 0 Å². The fourth-order valence-corrected chi connectivity index (χ4v) is 2.94. The van der Waals surface area contributed by atoms with Crippen LogP contribution in [0.15, 0.2) is 54.6 Å². The Bertz CT molecular complexity index is 648. The summed E-state index contributed by atoms with van der Waals surface area (Å²) in [4.78, 5) is 14.2. The van der Waals surface area contributed by atoms with Crippen molar-refractivity contribution in [1.29, 1.82) is 0 Å². The van der Waals surface area contributed by atoms with Crippen molar-refractivity contribution in [1.82, 2.24) is 0 Å². The van der Waals surface area contributed by atoms with Gasteiger partial charge in [-0.15, -0.1) is 0 Å². The second-order valence-corrected chi connectivity index (χ2v) is 7.12. The van der Waals surface area contributed by atoms with E-state index in [0.717, 1.165) is 9.59 Å². The first-order chi connectivity index (χ1) is 10.4. The fourth-order valence-electron chi connectivity index (χ4n) is 1.83. The number of amides is 1. The molecule has 0 aliphatic carbocycles. The van der Waals surface area contributed by atoms with Crippen molar-refractivity contribution in [2.24, 2.45) is 0 Å². The minimum absolute atomic E-state index is 0.385. The van der Waals surface area contributed by atoms with Crippen molar-refractivity contribution in [2.75, 3.05) is 4.90 Å². The predicted octanol–water partition coefficient (Wildman–Crippen LogP) is 3.95. The Kier molecular flexibility index (Phi) is 5.31. The number of para-hydroxylation sites is 1. The molecule has 0 aromatic heterocycles. The van der Waals surface area contributed by atoms with Gasteiger partial charge in [-0.2, -0.15) is 0 Å². The molecule has 2 aromatic rings. The normalized spacial score (nSPS) is 10.9. The van der Waals surface area contributed by atoms with Crippen molar-refractivity contribution >= 4 is 15.8 Å². The quantitative estimate of drug-likeness (QED) is 0.645. The molecule has 0 N–H and O–H groups in total. The third-order valence-electron chi connectivity index (χ3n) is 2.73. The van der Waals surface area contributed by atoms with Crippen molar-refractivity contribution in [3.05, 3.63) is 66.2 Å². The Morgan fingerprint density at radius 1 is 1.09 bits per heavy atom. The van der Waals surface area contributed by atoms with Crippen molar-refractivity contribution in [3.63, 3.8) is 0 Å². The molecule has 0 heterocycles. The molecule has 0 radical (unpaired) electrons. The van der Waals surface area contributed by atoms with Crippen LogP contribution in [-0.4, -0.2) is 15.7 Å². The van der Waals surface area contributed by atoms with Crippen LogP contribution < -0.4 is 4.90 Å². The maximum absolute atomic E-state index is 12.7. The summed E-state index contributed by atoms with van der Waals surface area (Å²) in [6, 6.07) is 20.4. The third kappa shape index (κ3) is 4.38. The molecule has 0 saturated carbocycles. The maximum atomic E-state index is 12.7. The summed E-state index contributed by atoms with van der Waals surface area (Å²) in [5.41, 5.74) is 1.14. The molecule has 0 unspecified atom stereocenters. The van der Waals surface area contributed by atoms with Gasteiger partial charge in [-0.05, 0) is 0 Å². The van der Waals surface area contributed by atoms with E-state index in [9.17, 15) is 4.79 Å². The third-order valence-corrected chi connectivity index (χ3v) is 4.24. The molecular weight excluding hydrogens is 446 g/mol. The monoisotopic (exact) mass is 464 g/mol. The molecule has 3 nitrogen and oxygen atoms in total. The number of rotatable bonds is 3. The van der Waals surface area contributed by atoms with Gasteiger partial charge in [0, 0.05) is 0 Å². The zero-order valence-electron chi connectivity index (χ0n) is 12.9. The van der Waals surface area contributed by atoms with Gasteiger partial charge in [0.25, 0.3) is 0 Å². The van der Waals surface area contributed by atoms with Crippen LogP contribution in [0.2, 0.25) is 0 Å². The average molecular weight is 464 g/mol. The average Bonchev–Trinajstić information content (AvgIpc) is 2.47. The van der Waals surface area contributed by atoms with Crippen LogP contribution in [0.1, 0.15) is 26.3 Å². The van der Waals surface area contributed by atoms with Crippen LogP contribution in [0.3, 0.4) is 0 Å². The summed E-state index contributed by atoms with van der Waals surface area (Å²) in [6.45, 7) is 5.59. The summed E-state index contributed by atoms with van der Waals surface area (Å²) in [5.74, 6) is 0. The molecule has 0 aliphatic heterocycles. The summed E-state index contributed by atoms with van der Waals surface area (Å²) < 4.78 is 6.44. The van der Waals surface area contributed by atoms with Gasteiger partial charge >= 0.3 is 142 Å². The molecule has 4 heteroatoms. The minimum atomic E-state index is -0.545. The van der Waals surface area contributed by atoms with E-state index < -0.39 is 5.60 Å². The van der Waals surface area contributed by atoms with Crippen molar-refractivity contribution in [2.45, 2.75) is 26.4 Å². The van der Waals surface area contributed by atoms with Crippen LogP contribution in [0.25, 0.3) is 0 Å². The summed E-state index contributed by atoms with van der Waals surface area (Å²) >= 11 is 1.18. The van der Waals surface area contributed by atoms with E-state index in [0.29, 0.717) is 5.69 Å². The molecule has 114 valence electrons. The van der Waals surface area contributed by atoms with E-state index in [4.69, 9.17) is 4.74 Å². The summed E-state index contributed by atoms with van der Waals surface area (Å²) in [5, 5.41) is 0. The molecule has 2 aromatic carbocycles. The standard InChI is InChI=1S/C18H18NO2.W/c1-18(2,3)21-17(20)19(16-12-8-5-9-13-16)14-15-10-6-4-7-11-15;/h4-12H,1-3H3;/q-1;. The number of nitrogens with zero attached hydrogens (tertiary/aromatic N) is 1. The predicted molar refractivity (Wildman–Crippen MR) is 84.5 cm³/mol. The van der Waals surface area contributed by atoms with Crippen LogP contribution in [0.4, 0.5) is 10.5 Å². The Morgan fingerprint density at radius 3 is 2.27 bits per heavy atom. The summed E-state index contributed by atoms with van der Waals surface area (Å²) in [6.07, 6.45) is -0.385. The second-order valence-electron chi connectivity index (χ2n) is 5.73. The Labute approximate surface area is 142 Å².